The van der Waals surface area contributed by atoms with Gasteiger partial charge in [-0.3, -0.25) is 0 Å². The van der Waals surface area contributed by atoms with Crippen LogP contribution in [-0.4, -0.2) is 17.2 Å². The van der Waals surface area contributed by atoms with Crippen LogP contribution in [0.2, 0.25) is 0 Å². The first-order valence-electron chi connectivity index (χ1n) is 5.96. The predicted octanol–water partition coefficient (Wildman–Crippen LogP) is 4.08. The molecule has 1 aromatic rings. The highest BCUT2D eigenvalue weighted by Gasteiger charge is 2.35. The molecule has 0 saturated heterocycles. The first-order chi connectivity index (χ1) is 8.95. The van der Waals surface area contributed by atoms with Crippen LogP contribution in [0.5, 0.6) is 5.75 Å². The van der Waals surface area contributed by atoms with Crippen LogP contribution >= 0.6 is 0 Å². The van der Waals surface area contributed by atoms with E-state index >= 15 is 0 Å². The normalized spacial score (nSPS) is 11.6. The monoisotopic (exact) mass is 299 g/mol. The fourth-order valence-electron chi connectivity index (χ4n) is 1.42. The van der Waals surface area contributed by atoms with E-state index in [9.17, 15) is 22.0 Å². The van der Waals surface area contributed by atoms with Crippen molar-refractivity contribution >= 4 is 0 Å². The van der Waals surface area contributed by atoms with Crippen LogP contribution < -0.4 is 5.32 Å². The molecule has 0 bridgehead atoms. The van der Waals surface area contributed by atoms with Crippen LogP contribution in [0.15, 0.2) is 12.1 Å². The van der Waals surface area contributed by atoms with Gasteiger partial charge in [-0.25, -0.2) is 8.78 Å². The van der Waals surface area contributed by atoms with Crippen molar-refractivity contribution in [1.29, 1.82) is 0 Å². The van der Waals surface area contributed by atoms with Crippen LogP contribution in [0, 0.1) is 11.6 Å². The zero-order valence-corrected chi connectivity index (χ0v) is 11.6. The molecule has 2 nitrogen and oxygen atoms in total. The van der Waals surface area contributed by atoms with Gasteiger partial charge in [0.25, 0.3) is 0 Å². The molecule has 0 fully saturated rings. The Kier molecular flexibility index (Phi) is 6.91. The Morgan fingerprint density at radius 1 is 0.950 bits per heavy atom. The quantitative estimate of drug-likeness (QED) is 0.806. The average molecular weight is 299 g/mol. The lowest BCUT2D eigenvalue weighted by Crippen LogP contribution is -2.29. The highest BCUT2D eigenvalue weighted by Crippen LogP contribution is 2.34. The maximum Gasteiger partial charge on any atom is 0.419 e. The molecular weight excluding hydrogens is 281 g/mol. The molecule has 1 aromatic carbocycles. The summed E-state index contributed by atoms with van der Waals surface area (Å²) in [6.07, 6.45) is -4.94. The Balaban J connectivity index is 0.000000441. The highest BCUT2D eigenvalue weighted by atomic mass is 19.4. The molecule has 0 radical (unpaired) electrons. The third-order valence-electron chi connectivity index (χ3n) is 2.01. The number of hydrogen-bond acceptors (Lipinski definition) is 2. The molecule has 0 unspecified atom stereocenters. The minimum atomic E-state index is -4.94. The lowest BCUT2D eigenvalue weighted by molar-refractivity contribution is -0.140. The minimum Gasteiger partial charge on any atom is -0.505 e. The van der Waals surface area contributed by atoms with Gasteiger partial charge >= 0.3 is 6.18 Å². The molecule has 0 saturated carbocycles. The largest absolute Gasteiger partial charge is 0.505 e. The maximum absolute atomic E-state index is 12.5. The third-order valence-corrected chi connectivity index (χ3v) is 2.01. The number of phenols is 1. The number of rotatable bonds is 2. The second-order valence-corrected chi connectivity index (χ2v) is 4.76. The SMILES string of the molecule is CC(C)NC(C)C.Oc1cc(C(F)(F)F)c(F)cc1F. The summed E-state index contributed by atoms with van der Waals surface area (Å²) in [6, 6.07) is 1.24. The van der Waals surface area contributed by atoms with Crippen molar-refractivity contribution in [3.05, 3.63) is 29.3 Å². The smallest absolute Gasteiger partial charge is 0.419 e. The number of nitrogens with one attached hydrogen (secondary N) is 1. The van der Waals surface area contributed by atoms with Gasteiger partial charge in [0, 0.05) is 18.2 Å². The third kappa shape index (κ3) is 6.70. The summed E-state index contributed by atoms with van der Waals surface area (Å²) in [7, 11) is 0. The van der Waals surface area contributed by atoms with Crippen molar-refractivity contribution in [2.24, 2.45) is 0 Å². The van der Waals surface area contributed by atoms with Crippen LogP contribution in [0.25, 0.3) is 0 Å². The Morgan fingerprint density at radius 2 is 1.40 bits per heavy atom. The summed E-state index contributed by atoms with van der Waals surface area (Å²) in [5.74, 6) is -4.40. The van der Waals surface area contributed by atoms with Crippen molar-refractivity contribution in [3.8, 4) is 5.75 Å². The Morgan fingerprint density at radius 3 is 1.70 bits per heavy atom. The molecule has 7 heteroatoms. The minimum absolute atomic E-state index is 0.00463. The molecule has 116 valence electrons. The van der Waals surface area contributed by atoms with Gasteiger partial charge in [-0.2, -0.15) is 13.2 Å². The van der Waals surface area contributed by atoms with Crippen molar-refractivity contribution < 1.29 is 27.1 Å². The molecule has 20 heavy (non-hydrogen) atoms. The average Bonchev–Trinajstić information content (AvgIpc) is 2.20. The lowest BCUT2D eigenvalue weighted by atomic mass is 10.2. The first kappa shape index (κ1) is 18.6. The molecule has 0 aliphatic carbocycles. The Bertz CT molecular complexity index is 424. The molecule has 0 aliphatic rings. The predicted molar refractivity (Wildman–Crippen MR) is 66.4 cm³/mol. The number of aromatic hydroxyl groups is 1. The fourth-order valence-corrected chi connectivity index (χ4v) is 1.42. The van der Waals surface area contributed by atoms with E-state index in [2.05, 4.69) is 33.0 Å². The number of phenolic OH excluding ortho intramolecular Hbond substituents is 1. The van der Waals surface area contributed by atoms with Gasteiger partial charge in [0.05, 0.1) is 5.56 Å². The van der Waals surface area contributed by atoms with Gasteiger partial charge in [-0.05, 0) is 6.07 Å². The molecule has 1 rings (SSSR count). The summed E-state index contributed by atoms with van der Waals surface area (Å²) in [5.41, 5.74) is -1.69. The molecule has 0 amide bonds. The number of hydrogen-bond donors (Lipinski definition) is 2. The standard InChI is InChI=1S/C7H3F5O.C6H15N/c8-4-2-5(9)6(13)1-3(4)7(10,11)12;1-5(2)7-6(3)4/h1-2,13H;5-7H,1-4H3. The zero-order valence-electron chi connectivity index (χ0n) is 11.6. The first-order valence-corrected chi connectivity index (χ1v) is 5.96. The van der Waals surface area contributed by atoms with Crippen LogP contribution in [0.3, 0.4) is 0 Å². The van der Waals surface area contributed by atoms with Gasteiger partial charge in [0.15, 0.2) is 11.6 Å². The molecule has 2 N–H and O–H groups in total. The summed E-state index contributed by atoms with van der Waals surface area (Å²) in [6.45, 7) is 8.61. The van der Waals surface area contributed by atoms with Crippen LogP contribution in [-0.2, 0) is 6.18 Å². The number of benzene rings is 1. The number of halogens is 5. The Labute approximate surface area is 114 Å². The zero-order chi connectivity index (χ0) is 16.1. The van der Waals surface area contributed by atoms with Crippen LogP contribution in [0.1, 0.15) is 33.3 Å². The molecule has 0 aliphatic heterocycles. The van der Waals surface area contributed by atoms with E-state index in [0.717, 1.165) is 0 Å². The summed E-state index contributed by atoms with van der Waals surface area (Å²) < 4.78 is 60.4. The van der Waals surface area contributed by atoms with E-state index in [1.54, 1.807) is 0 Å². The van der Waals surface area contributed by atoms with Crippen molar-refractivity contribution in [3.63, 3.8) is 0 Å². The van der Waals surface area contributed by atoms with Gasteiger partial charge in [0.2, 0.25) is 0 Å². The van der Waals surface area contributed by atoms with E-state index < -0.39 is 29.1 Å². The van der Waals surface area contributed by atoms with E-state index in [-0.39, 0.29) is 12.1 Å². The van der Waals surface area contributed by atoms with Crippen LogP contribution in [0.4, 0.5) is 22.0 Å². The van der Waals surface area contributed by atoms with Gasteiger partial charge in [0.1, 0.15) is 5.82 Å². The molecule has 0 spiro atoms. The number of alkyl halides is 3. The molecule has 0 aromatic heterocycles. The van der Waals surface area contributed by atoms with E-state index in [4.69, 9.17) is 5.11 Å². The highest BCUT2D eigenvalue weighted by molar-refractivity contribution is 5.32. The Hall–Kier alpha value is -1.37. The summed E-state index contributed by atoms with van der Waals surface area (Å²) in [4.78, 5) is 0. The summed E-state index contributed by atoms with van der Waals surface area (Å²) in [5, 5.41) is 11.9. The van der Waals surface area contributed by atoms with E-state index in [0.29, 0.717) is 12.1 Å². The maximum atomic E-state index is 12.5. The van der Waals surface area contributed by atoms with E-state index in [1.807, 2.05) is 0 Å². The van der Waals surface area contributed by atoms with Gasteiger partial charge < -0.3 is 10.4 Å². The van der Waals surface area contributed by atoms with Crippen molar-refractivity contribution in [2.45, 2.75) is 46.0 Å². The van der Waals surface area contributed by atoms with Gasteiger partial charge in [-0.1, -0.05) is 27.7 Å². The van der Waals surface area contributed by atoms with Gasteiger partial charge in [-0.15, -0.1) is 0 Å². The second-order valence-electron chi connectivity index (χ2n) is 4.76. The van der Waals surface area contributed by atoms with Crippen molar-refractivity contribution in [2.75, 3.05) is 0 Å². The summed E-state index contributed by atoms with van der Waals surface area (Å²) >= 11 is 0. The molecule has 0 atom stereocenters. The van der Waals surface area contributed by atoms with Crippen molar-refractivity contribution in [1.82, 2.24) is 5.32 Å². The second kappa shape index (κ2) is 7.42. The van der Waals surface area contributed by atoms with E-state index in [1.165, 1.54) is 0 Å². The fraction of sp³-hybridized carbons (Fsp3) is 0.538. The lowest BCUT2D eigenvalue weighted by Gasteiger charge is -2.10. The molecular formula is C13H18F5NO. The molecule has 0 heterocycles. The topological polar surface area (TPSA) is 32.3 Å².